The molecule has 1 fully saturated rings. The van der Waals surface area contributed by atoms with Gasteiger partial charge in [0.1, 0.15) is 11.5 Å². The van der Waals surface area contributed by atoms with Crippen LogP contribution in [0.1, 0.15) is 38.2 Å². The Hall–Kier alpha value is -1.26. The van der Waals surface area contributed by atoms with Crippen LogP contribution in [0.15, 0.2) is 18.2 Å². The van der Waals surface area contributed by atoms with Gasteiger partial charge >= 0.3 is 0 Å². The van der Waals surface area contributed by atoms with Crippen molar-refractivity contribution in [1.82, 2.24) is 5.32 Å². The van der Waals surface area contributed by atoms with Crippen molar-refractivity contribution in [2.75, 3.05) is 20.8 Å². The highest BCUT2D eigenvalue weighted by molar-refractivity contribution is 5.38. The number of rotatable bonds is 6. The predicted molar refractivity (Wildman–Crippen MR) is 83.8 cm³/mol. The fraction of sp³-hybridized carbons (Fsp3) is 0.647. The summed E-state index contributed by atoms with van der Waals surface area (Å²) in [6, 6.07) is 5.88. The Morgan fingerprint density at radius 2 is 1.71 bits per heavy atom. The Balaban J connectivity index is 2.04. The summed E-state index contributed by atoms with van der Waals surface area (Å²) in [6.07, 6.45) is 4.42. The van der Waals surface area contributed by atoms with Crippen LogP contribution < -0.4 is 14.8 Å². The first-order valence-electron chi connectivity index (χ1n) is 7.68. The van der Waals surface area contributed by atoms with Crippen LogP contribution in [-0.4, -0.2) is 31.5 Å². The molecule has 4 nitrogen and oxygen atoms in total. The van der Waals surface area contributed by atoms with Crippen LogP contribution in [0.4, 0.5) is 0 Å². The summed E-state index contributed by atoms with van der Waals surface area (Å²) in [6.45, 7) is 3.19. The lowest BCUT2D eigenvalue weighted by atomic mass is 9.77. The third-order valence-corrected chi connectivity index (χ3v) is 4.61. The summed E-state index contributed by atoms with van der Waals surface area (Å²) in [5, 5.41) is 13.4. The zero-order chi connectivity index (χ0) is 15.3. The van der Waals surface area contributed by atoms with Crippen LogP contribution in [-0.2, 0) is 6.54 Å². The van der Waals surface area contributed by atoms with Crippen molar-refractivity contribution in [3.63, 3.8) is 0 Å². The van der Waals surface area contributed by atoms with Crippen molar-refractivity contribution in [2.24, 2.45) is 5.92 Å². The molecule has 1 saturated carbocycles. The highest BCUT2D eigenvalue weighted by atomic mass is 16.5. The molecule has 0 spiro atoms. The average molecular weight is 293 g/mol. The molecule has 4 heteroatoms. The summed E-state index contributed by atoms with van der Waals surface area (Å²) in [5.41, 5.74) is 0.973. The van der Waals surface area contributed by atoms with Crippen molar-refractivity contribution < 1.29 is 14.6 Å². The van der Waals surface area contributed by atoms with Gasteiger partial charge in [0.2, 0.25) is 0 Å². The first-order valence-corrected chi connectivity index (χ1v) is 7.68. The smallest absolute Gasteiger partial charge is 0.122 e. The fourth-order valence-electron chi connectivity index (χ4n) is 2.96. The van der Waals surface area contributed by atoms with E-state index in [4.69, 9.17) is 9.47 Å². The van der Waals surface area contributed by atoms with Gasteiger partial charge < -0.3 is 19.9 Å². The first kappa shape index (κ1) is 16.1. The lowest BCUT2D eigenvalue weighted by Gasteiger charge is -2.39. The van der Waals surface area contributed by atoms with Crippen molar-refractivity contribution in [3.05, 3.63) is 23.8 Å². The van der Waals surface area contributed by atoms with E-state index in [1.807, 2.05) is 18.2 Å². The third kappa shape index (κ3) is 4.11. The normalized spacial score (nSPS) is 25.6. The molecule has 0 bridgehead atoms. The second kappa shape index (κ2) is 7.14. The maximum atomic E-state index is 9.80. The molecule has 1 aromatic rings. The molecule has 1 aliphatic rings. The molecule has 0 heterocycles. The lowest BCUT2D eigenvalue weighted by Crippen LogP contribution is -2.50. The summed E-state index contributed by atoms with van der Waals surface area (Å²) in [7, 11) is 3.31. The first-order chi connectivity index (χ1) is 10.1. The molecule has 21 heavy (non-hydrogen) atoms. The van der Waals surface area contributed by atoms with Crippen LogP contribution in [0.2, 0.25) is 0 Å². The topological polar surface area (TPSA) is 50.7 Å². The maximum absolute atomic E-state index is 9.80. The van der Waals surface area contributed by atoms with Gasteiger partial charge in [-0.05, 0) is 49.3 Å². The van der Waals surface area contributed by atoms with E-state index in [1.165, 1.54) is 12.8 Å². The quantitative estimate of drug-likeness (QED) is 0.847. The fourth-order valence-corrected chi connectivity index (χ4v) is 2.96. The van der Waals surface area contributed by atoms with Gasteiger partial charge in [-0.15, -0.1) is 0 Å². The molecule has 0 unspecified atom stereocenters. The van der Waals surface area contributed by atoms with E-state index in [0.717, 1.165) is 35.8 Å². The number of hydrogen-bond donors (Lipinski definition) is 2. The van der Waals surface area contributed by atoms with Gasteiger partial charge in [0, 0.05) is 18.2 Å². The molecule has 2 rings (SSSR count). The van der Waals surface area contributed by atoms with Crippen molar-refractivity contribution in [1.29, 1.82) is 0 Å². The van der Waals surface area contributed by atoms with E-state index in [2.05, 4.69) is 12.2 Å². The second-order valence-corrected chi connectivity index (χ2v) is 6.20. The second-order valence-electron chi connectivity index (χ2n) is 6.20. The van der Waals surface area contributed by atoms with Crippen molar-refractivity contribution in [2.45, 2.75) is 44.7 Å². The minimum Gasteiger partial charge on any atom is -0.497 e. The molecular weight excluding hydrogens is 266 g/mol. The Labute approximate surface area is 127 Å². The molecule has 0 atom stereocenters. The molecule has 1 aliphatic carbocycles. The average Bonchev–Trinajstić information content (AvgIpc) is 2.54. The van der Waals surface area contributed by atoms with E-state index in [9.17, 15) is 5.11 Å². The molecule has 2 N–H and O–H groups in total. The van der Waals surface area contributed by atoms with E-state index >= 15 is 0 Å². The Morgan fingerprint density at radius 1 is 1.14 bits per heavy atom. The van der Waals surface area contributed by atoms with Gasteiger partial charge in [-0.1, -0.05) is 6.92 Å². The van der Waals surface area contributed by atoms with Crippen LogP contribution in [0.25, 0.3) is 0 Å². The number of methoxy groups -OCH3 is 2. The zero-order valence-electron chi connectivity index (χ0n) is 13.3. The van der Waals surface area contributed by atoms with Crippen LogP contribution in [0, 0.1) is 5.92 Å². The van der Waals surface area contributed by atoms with E-state index in [-0.39, 0.29) is 12.1 Å². The molecule has 0 aromatic heterocycles. The number of hydrogen-bond acceptors (Lipinski definition) is 4. The molecule has 118 valence electrons. The highest BCUT2D eigenvalue weighted by Crippen LogP contribution is 2.32. The zero-order valence-corrected chi connectivity index (χ0v) is 13.3. The summed E-state index contributed by atoms with van der Waals surface area (Å²) >= 11 is 0. The number of aliphatic hydroxyl groups excluding tert-OH is 1. The standard InChI is InChI=1S/C17H27NO3/c1-13-4-6-17(12-19,7-5-13)18-11-14-8-15(20-2)10-16(9-14)21-3/h8-10,13,18-19H,4-7,11-12H2,1-3H3. The van der Waals surface area contributed by atoms with Crippen LogP contribution in [0.5, 0.6) is 11.5 Å². The molecule has 1 aromatic carbocycles. The summed E-state index contributed by atoms with van der Waals surface area (Å²) < 4.78 is 10.6. The third-order valence-electron chi connectivity index (χ3n) is 4.61. The number of nitrogens with one attached hydrogen (secondary N) is 1. The molecular formula is C17H27NO3. The highest BCUT2D eigenvalue weighted by Gasteiger charge is 2.32. The largest absolute Gasteiger partial charge is 0.497 e. The minimum absolute atomic E-state index is 0.136. The van der Waals surface area contributed by atoms with E-state index in [1.54, 1.807) is 14.2 Å². The number of ether oxygens (including phenoxy) is 2. The summed E-state index contributed by atoms with van der Waals surface area (Å²) in [5.74, 6) is 2.35. The monoisotopic (exact) mass is 293 g/mol. The van der Waals surface area contributed by atoms with Crippen molar-refractivity contribution in [3.8, 4) is 11.5 Å². The van der Waals surface area contributed by atoms with Crippen molar-refractivity contribution >= 4 is 0 Å². The maximum Gasteiger partial charge on any atom is 0.122 e. The van der Waals surface area contributed by atoms with Gasteiger partial charge in [0.05, 0.1) is 20.8 Å². The minimum atomic E-state index is -0.136. The summed E-state index contributed by atoms with van der Waals surface area (Å²) in [4.78, 5) is 0. The van der Waals surface area contributed by atoms with Gasteiger partial charge in [0.15, 0.2) is 0 Å². The Morgan fingerprint density at radius 3 is 2.19 bits per heavy atom. The molecule has 0 saturated heterocycles. The van der Waals surface area contributed by atoms with E-state index < -0.39 is 0 Å². The van der Waals surface area contributed by atoms with Gasteiger partial charge in [0.25, 0.3) is 0 Å². The van der Waals surface area contributed by atoms with Crippen LogP contribution in [0.3, 0.4) is 0 Å². The molecule has 0 aliphatic heterocycles. The SMILES string of the molecule is COc1cc(CNC2(CO)CCC(C)CC2)cc(OC)c1. The van der Waals surface area contributed by atoms with Gasteiger partial charge in [-0.3, -0.25) is 0 Å². The Kier molecular flexibility index (Phi) is 5.48. The number of benzene rings is 1. The Bertz CT molecular complexity index is 431. The van der Waals surface area contributed by atoms with E-state index in [0.29, 0.717) is 6.54 Å². The predicted octanol–water partition coefficient (Wildman–Crippen LogP) is 2.73. The number of aliphatic hydroxyl groups is 1. The van der Waals surface area contributed by atoms with Gasteiger partial charge in [-0.25, -0.2) is 0 Å². The molecule has 0 radical (unpaired) electrons. The lowest BCUT2D eigenvalue weighted by molar-refractivity contribution is 0.104. The van der Waals surface area contributed by atoms with Crippen LogP contribution >= 0.6 is 0 Å². The molecule has 0 amide bonds. The van der Waals surface area contributed by atoms with Gasteiger partial charge in [-0.2, -0.15) is 0 Å².